The summed E-state index contributed by atoms with van der Waals surface area (Å²) in [5, 5.41) is 8.77. The van der Waals surface area contributed by atoms with E-state index >= 15 is 0 Å². The van der Waals surface area contributed by atoms with E-state index in [4.69, 9.17) is 5.11 Å². The second kappa shape index (κ2) is 8.09. The zero-order chi connectivity index (χ0) is 15.1. The summed E-state index contributed by atoms with van der Waals surface area (Å²) in [6.07, 6.45) is 1.89. The smallest absolute Gasteiger partial charge is 0.320 e. The minimum absolute atomic E-state index is 0.00408. The van der Waals surface area contributed by atoms with Crippen molar-refractivity contribution in [2.45, 2.75) is 39.2 Å². The molecule has 1 saturated heterocycles. The number of carboxylic acid groups (broad SMARTS) is 1. The van der Waals surface area contributed by atoms with E-state index in [-0.39, 0.29) is 25.0 Å². The summed E-state index contributed by atoms with van der Waals surface area (Å²) >= 11 is 0. The molecule has 0 aromatic heterocycles. The molecule has 1 heterocycles. The Morgan fingerprint density at radius 1 is 1.30 bits per heavy atom. The van der Waals surface area contributed by atoms with Crippen LogP contribution in [0.25, 0.3) is 0 Å². The van der Waals surface area contributed by atoms with E-state index in [0.29, 0.717) is 6.54 Å². The molecule has 6 heteroatoms. The zero-order valence-corrected chi connectivity index (χ0v) is 12.8. The Bertz CT molecular complexity index is 336. The molecule has 0 aromatic carbocycles. The number of aliphatic carboxylic acids is 1. The third-order valence-electron chi connectivity index (χ3n) is 3.87. The fourth-order valence-electron chi connectivity index (χ4n) is 2.65. The van der Waals surface area contributed by atoms with E-state index in [1.807, 2.05) is 11.8 Å². The average Bonchev–Trinajstić information content (AvgIpc) is 2.60. The monoisotopic (exact) mass is 285 g/mol. The number of likely N-dealkylation sites (N-methyl/N-ethyl adjacent to an activating group) is 1. The van der Waals surface area contributed by atoms with Gasteiger partial charge in [0.1, 0.15) is 0 Å². The number of carboxylic acids is 1. The van der Waals surface area contributed by atoms with Crippen LogP contribution in [0.2, 0.25) is 0 Å². The quantitative estimate of drug-likeness (QED) is 0.827. The van der Waals surface area contributed by atoms with Crippen molar-refractivity contribution >= 4 is 12.0 Å². The number of carbonyl (C=O) groups is 2. The van der Waals surface area contributed by atoms with Gasteiger partial charge in [0.05, 0.1) is 6.42 Å². The van der Waals surface area contributed by atoms with Crippen molar-refractivity contribution in [3.8, 4) is 0 Å². The largest absolute Gasteiger partial charge is 0.481 e. The molecular formula is C14H27N3O3. The summed E-state index contributed by atoms with van der Waals surface area (Å²) in [6, 6.07) is 0.199. The lowest BCUT2D eigenvalue weighted by Crippen LogP contribution is -2.50. The van der Waals surface area contributed by atoms with Crippen LogP contribution in [0.1, 0.15) is 33.1 Å². The number of nitrogens with zero attached hydrogens (tertiary/aromatic N) is 3. The molecule has 0 bridgehead atoms. The number of rotatable bonds is 5. The van der Waals surface area contributed by atoms with Crippen molar-refractivity contribution in [2.75, 3.05) is 39.8 Å². The molecule has 1 atom stereocenters. The van der Waals surface area contributed by atoms with Crippen LogP contribution in [0.3, 0.4) is 0 Å². The van der Waals surface area contributed by atoms with Crippen LogP contribution in [-0.2, 0) is 4.79 Å². The van der Waals surface area contributed by atoms with Crippen molar-refractivity contribution in [2.24, 2.45) is 0 Å². The number of amides is 2. The molecule has 2 amide bonds. The first-order chi connectivity index (χ1) is 9.49. The Labute approximate surface area is 121 Å². The van der Waals surface area contributed by atoms with Crippen molar-refractivity contribution in [3.63, 3.8) is 0 Å². The number of carbonyl (C=O) groups excluding carboxylic acids is 1. The van der Waals surface area contributed by atoms with Crippen molar-refractivity contribution < 1.29 is 14.7 Å². The molecule has 0 spiro atoms. The Balaban J connectivity index is 2.72. The van der Waals surface area contributed by atoms with Crippen LogP contribution >= 0.6 is 0 Å². The number of hydrogen-bond acceptors (Lipinski definition) is 3. The van der Waals surface area contributed by atoms with Gasteiger partial charge in [0.25, 0.3) is 0 Å². The van der Waals surface area contributed by atoms with Gasteiger partial charge in [-0.25, -0.2) is 4.79 Å². The van der Waals surface area contributed by atoms with E-state index < -0.39 is 5.97 Å². The van der Waals surface area contributed by atoms with Crippen molar-refractivity contribution in [3.05, 3.63) is 0 Å². The van der Waals surface area contributed by atoms with Gasteiger partial charge in [-0.15, -0.1) is 0 Å². The van der Waals surface area contributed by atoms with Gasteiger partial charge in [-0.2, -0.15) is 0 Å². The maximum atomic E-state index is 12.6. The summed E-state index contributed by atoms with van der Waals surface area (Å²) in [4.78, 5) is 29.1. The molecular weight excluding hydrogens is 258 g/mol. The van der Waals surface area contributed by atoms with Gasteiger partial charge < -0.3 is 19.8 Å². The summed E-state index contributed by atoms with van der Waals surface area (Å²) < 4.78 is 0. The molecule has 0 radical (unpaired) electrons. The van der Waals surface area contributed by atoms with Gasteiger partial charge in [-0.1, -0.05) is 6.92 Å². The summed E-state index contributed by atoms with van der Waals surface area (Å²) in [5.74, 6) is -0.862. The normalized spacial score (nSPS) is 20.6. The Morgan fingerprint density at radius 2 is 2.00 bits per heavy atom. The molecule has 0 saturated carbocycles. The Kier molecular flexibility index (Phi) is 6.78. The van der Waals surface area contributed by atoms with E-state index in [9.17, 15) is 9.59 Å². The SMILES string of the molecule is CCC1CN(C)CCCN1C(=O)N(CC)CCC(=O)O. The fraction of sp³-hybridized carbons (Fsp3) is 0.857. The lowest BCUT2D eigenvalue weighted by atomic mass is 10.2. The lowest BCUT2D eigenvalue weighted by molar-refractivity contribution is -0.137. The Morgan fingerprint density at radius 3 is 2.55 bits per heavy atom. The first-order valence-corrected chi connectivity index (χ1v) is 7.45. The second-order valence-electron chi connectivity index (χ2n) is 5.38. The van der Waals surface area contributed by atoms with Gasteiger partial charge in [0.2, 0.25) is 0 Å². The molecule has 20 heavy (non-hydrogen) atoms. The molecule has 1 N–H and O–H groups in total. The molecule has 0 aliphatic carbocycles. The van der Waals surface area contributed by atoms with Crippen LogP contribution < -0.4 is 0 Å². The first-order valence-electron chi connectivity index (χ1n) is 7.45. The van der Waals surface area contributed by atoms with Crippen LogP contribution in [0.5, 0.6) is 0 Å². The molecule has 6 nitrogen and oxygen atoms in total. The van der Waals surface area contributed by atoms with Gasteiger partial charge >= 0.3 is 12.0 Å². The summed E-state index contributed by atoms with van der Waals surface area (Å²) in [5.41, 5.74) is 0. The van der Waals surface area contributed by atoms with Gasteiger partial charge in [-0.3, -0.25) is 4.79 Å². The van der Waals surface area contributed by atoms with Gasteiger partial charge in [0, 0.05) is 32.2 Å². The maximum Gasteiger partial charge on any atom is 0.320 e. The predicted octanol–water partition coefficient (Wildman–Crippen LogP) is 1.32. The van der Waals surface area contributed by atoms with E-state index in [0.717, 1.165) is 32.5 Å². The number of urea groups is 1. The molecule has 116 valence electrons. The van der Waals surface area contributed by atoms with Gasteiger partial charge in [-0.05, 0) is 33.4 Å². The Hall–Kier alpha value is -1.30. The lowest BCUT2D eigenvalue weighted by Gasteiger charge is -2.34. The van der Waals surface area contributed by atoms with Crippen molar-refractivity contribution in [1.29, 1.82) is 0 Å². The molecule has 0 aromatic rings. The minimum Gasteiger partial charge on any atom is -0.481 e. The van der Waals surface area contributed by atoms with Crippen LogP contribution in [0.4, 0.5) is 4.79 Å². The molecule has 1 aliphatic heterocycles. The van der Waals surface area contributed by atoms with E-state index in [1.165, 1.54) is 0 Å². The zero-order valence-electron chi connectivity index (χ0n) is 12.8. The number of hydrogen-bond donors (Lipinski definition) is 1. The van der Waals surface area contributed by atoms with Crippen LogP contribution in [-0.4, -0.2) is 77.6 Å². The average molecular weight is 285 g/mol. The van der Waals surface area contributed by atoms with E-state index in [1.54, 1.807) is 4.90 Å². The topological polar surface area (TPSA) is 64.1 Å². The molecule has 1 fully saturated rings. The highest BCUT2D eigenvalue weighted by molar-refractivity contribution is 5.76. The second-order valence-corrected chi connectivity index (χ2v) is 5.38. The van der Waals surface area contributed by atoms with Crippen molar-refractivity contribution in [1.82, 2.24) is 14.7 Å². The maximum absolute atomic E-state index is 12.6. The first kappa shape index (κ1) is 16.8. The molecule has 1 unspecified atom stereocenters. The third-order valence-corrected chi connectivity index (χ3v) is 3.87. The standard InChI is InChI=1S/C14H27N3O3/c1-4-12-11-15(3)8-6-9-17(12)14(20)16(5-2)10-7-13(18)19/h12H,4-11H2,1-3H3,(H,18,19). The van der Waals surface area contributed by atoms with E-state index in [2.05, 4.69) is 18.9 Å². The highest BCUT2D eigenvalue weighted by Crippen LogP contribution is 2.14. The van der Waals surface area contributed by atoms with Crippen LogP contribution in [0, 0.1) is 0 Å². The van der Waals surface area contributed by atoms with Gasteiger partial charge in [0.15, 0.2) is 0 Å². The molecule has 1 aliphatic rings. The summed E-state index contributed by atoms with van der Waals surface area (Å²) in [7, 11) is 2.08. The van der Waals surface area contributed by atoms with Crippen LogP contribution in [0.15, 0.2) is 0 Å². The minimum atomic E-state index is -0.862. The molecule has 1 rings (SSSR count). The summed E-state index contributed by atoms with van der Waals surface area (Å²) in [6.45, 7) is 7.47. The highest BCUT2D eigenvalue weighted by atomic mass is 16.4. The highest BCUT2D eigenvalue weighted by Gasteiger charge is 2.28. The fourth-order valence-corrected chi connectivity index (χ4v) is 2.65. The predicted molar refractivity (Wildman–Crippen MR) is 77.8 cm³/mol. The third kappa shape index (κ3) is 4.67.